The van der Waals surface area contributed by atoms with Crippen LogP contribution < -0.4 is 0 Å². The van der Waals surface area contributed by atoms with Crippen LogP contribution >= 0.6 is 0 Å². The molecule has 1 aromatic rings. The van der Waals surface area contributed by atoms with Crippen molar-refractivity contribution in [3.05, 3.63) is 41.5 Å². The molecule has 1 aliphatic heterocycles. The Morgan fingerprint density at radius 1 is 1.48 bits per heavy atom. The summed E-state index contributed by atoms with van der Waals surface area (Å²) in [6.07, 6.45) is 3.12. The molecule has 1 saturated heterocycles. The minimum atomic E-state index is -0.433. The van der Waals surface area contributed by atoms with Crippen LogP contribution in [-0.2, 0) is 9.53 Å². The molecule has 0 spiro atoms. The molecule has 0 bridgehead atoms. The van der Waals surface area contributed by atoms with E-state index in [-0.39, 0.29) is 18.6 Å². The number of hydrogen-bond acceptors (Lipinski definition) is 3. The van der Waals surface area contributed by atoms with E-state index in [4.69, 9.17) is 4.74 Å². The highest BCUT2D eigenvalue weighted by Crippen LogP contribution is 2.21. The van der Waals surface area contributed by atoms with Crippen LogP contribution in [0, 0.1) is 6.92 Å². The fourth-order valence-corrected chi connectivity index (χ4v) is 2.60. The van der Waals surface area contributed by atoms with Crippen molar-refractivity contribution in [2.75, 3.05) is 19.7 Å². The quantitative estimate of drug-likeness (QED) is 0.866. The Bertz CT molecular complexity index is 537. The van der Waals surface area contributed by atoms with E-state index in [1.165, 1.54) is 0 Å². The van der Waals surface area contributed by atoms with Gasteiger partial charge in [-0.1, -0.05) is 24.3 Å². The van der Waals surface area contributed by atoms with Gasteiger partial charge in [-0.15, -0.1) is 0 Å². The number of hydrogen-bond donors (Lipinski definition) is 1. The van der Waals surface area contributed by atoms with Crippen molar-refractivity contribution in [1.82, 2.24) is 4.90 Å². The third-order valence-corrected chi connectivity index (χ3v) is 3.59. The number of ether oxygens (including phenoxy) is 1. The number of carbonyl (C=O) groups is 1. The summed E-state index contributed by atoms with van der Waals surface area (Å²) in [5.74, 6) is -0.0481. The number of nitrogens with zero attached hydrogens (tertiary/aromatic N) is 1. The van der Waals surface area contributed by atoms with Crippen molar-refractivity contribution < 1.29 is 14.6 Å². The predicted molar refractivity (Wildman–Crippen MR) is 82.8 cm³/mol. The van der Waals surface area contributed by atoms with Gasteiger partial charge in [0, 0.05) is 19.2 Å². The van der Waals surface area contributed by atoms with Gasteiger partial charge in [0.25, 0.3) is 0 Å². The summed E-state index contributed by atoms with van der Waals surface area (Å²) >= 11 is 0. The summed E-state index contributed by atoms with van der Waals surface area (Å²) in [4.78, 5) is 14.1. The zero-order valence-corrected chi connectivity index (χ0v) is 12.9. The lowest BCUT2D eigenvalue weighted by Gasteiger charge is -2.41. The molecule has 1 atom stereocenters. The third kappa shape index (κ3) is 4.16. The van der Waals surface area contributed by atoms with E-state index in [0.717, 1.165) is 11.1 Å². The molecule has 0 aliphatic carbocycles. The fourth-order valence-electron chi connectivity index (χ4n) is 2.60. The van der Waals surface area contributed by atoms with Crippen LogP contribution in [0.5, 0.6) is 0 Å². The zero-order valence-electron chi connectivity index (χ0n) is 12.9. The number of rotatable bonds is 3. The molecule has 1 unspecified atom stereocenters. The largest absolute Gasteiger partial charge is 0.394 e. The van der Waals surface area contributed by atoms with Gasteiger partial charge < -0.3 is 14.7 Å². The highest BCUT2D eigenvalue weighted by atomic mass is 16.5. The molecule has 1 N–H and O–H groups in total. The van der Waals surface area contributed by atoms with Gasteiger partial charge in [-0.25, -0.2) is 0 Å². The fraction of sp³-hybridized carbons (Fsp3) is 0.471. The predicted octanol–water partition coefficient (Wildman–Crippen LogP) is 2.01. The molecule has 4 nitrogen and oxygen atoms in total. The van der Waals surface area contributed by atoms with Gasteiger partial charge in [0.15, 0.2) is 0 Å². The van der Waals surface area contributed by atoms with Gasteiger partial charge in [-0.05, 0) is 38.0 Å². The smallest absolute Gasteiger partial charge is 0.246 e. The van der Waals surface area contributed by atoms with E-state index in [9.17, 15) is 9.90 Å². The molecule has 21 heavy (non-hydrogen) atoms. The summed E-state index contributed by atoms with van der Waals surface area (Å²) in [7, 11) is 0. The Morgan fingerprint density at radius 2 is 2.19 bits per heavy atom. The Kier molecular flexibility index (Phi) is 4.80. The van der Waals surface area contributed by atoms with Crippen molar-refractivity contribution in [2.45, 2.75) is 32.5 Å². The number of aryl methyl sites for hydroxylation is 1. The molecule has 1 aromatic carbocycles. The second-order valence-electron chi connectivity index (χ2n) is 6.09. The Labute approximate surface area is 126 Å². The molecule has 114 valence electrons. The first-order chi connectivity index (χ1) is 9.91. The van der Waals surface area contributed by atoms with E-state index >= 15 is 0 Å². The lowest BCUT2D eigenvalue weighted by atomic mass is 10.0. The highest BCUT2D eigenvalue weighted by molar-refractivity contribution is 5.92. The van der Waals surface area contributed by atoms with Crippen LogP contribution in [0.2, 0.25) is 0 Å². The monoisotopic (exact) mass is 289 g/mol. The molecular formula is C17H23NO3. The lowest BCUT2D eigenvalue weighted by molar-refractivity contribution is -0.163. The Balaban J connectivity index is 2.07. The maximum Gasteiger partial charge on any atom is 0.246 e. The van der Waals surface area contributed by atoms with Gasteiger partial charge in [0.1, 0.15) is 0 Å². The summed E-state index contributed by atoms with van der Waals surface area (Å²) < 4.78 is 5.72. The molecule has 0 aromatic heterocycles. The van der Waals surface area contributed by atoms with E-state index in [2.05, 4.69) is 0 Å². The number of aliphatic hydroxyl groups excluding tert-OH is 1. The standard InChI is InChI=1S/C17H23NO3/c1-13-6-4-5-7-14(13)8-9-16(20)18-10-15(11-19)21-17(2,3)12-18/h4-9,15,19H,10-12H2,1-3H3/b9-8+. The van der Waals surface area contributed by atoms with Gasteiger partial charge in [0.2, 0.25) is 5.91 Å². The number of amides is 1. The van der Waals surface area contributed by atoms with Crippen molar-refractivity contribution in [3.8, 4) is 0 Å². The van der Waals surface area contributed by atoms with Crippen LogP contribution in [0.4, 0.5) is 0 Å². The molecule has 1 fully saturated rings. The number of benzene rings is 1. The SMILES string of the molecule is Cc1ccccc1/C=C/C(=O)N1CC(CO)OC(C)(C)C1. The van der Waals surface area contributed by atoms with E-state index < -0.39 is 5.60 Å². The van der Waals surface area contributed by atoms with Gasteiger partial charge >= 0.3 is 0 Å². The highest BCUT2D eigenvalue weighted by Gasteiger charge is 2.34. The number of carbonyl (C=O) groups excluding carboxylic acids is 1. The summed E-state index contributed by atoms with van der Waals surface area (Å²) in [5.41, 5.74) is 1.74. The van der Waals surface area contributed by atoms with Crippen LogP contribution in [0.1, 0.15) is 25.0 Å². The second-order valence-corrected chi connectivity index (χ2v) is 6.09. The average Bonchev–Trinajstić information content (AvgIpc) is 2.44. The maximum absolute atomic E-state index is 12.3. The summed E-state index contributed by atoms with van der Waals surface area (Å²) in [6, 6.07) is 7.93. The van der Waals surface area contributed by atoms with Crippen LogP contribution in [-0.4, -0.2) is 47.3 Å². The first-order valence-electron chi connectivity index (χ1n) is 7.22. The second kappa shape index (κ2) is 6.41. The number of aliphatic hydroxyl groups is 1. The first kappa shape index (κ1) is 15.7. The van der Waals surface area contributed by atoms with Crippen LogP contribution in [0.15, 0.2) is 30.3 Å². The maximum atomic E-state index is 12.3. The van der Waals surface area contributed by atoms with Gasteiger partial charge in [0.05, 0.1) is 18.3 Å². The van der Waals surface area contributed by atoms with E-state index in [1.807, 2.05) is 51.1 Å². The van der Waals surface area contributed by atoms with Crippen molar-refractivity contribution >= 4 is 12.0 Å². The van der Waals surface area contributed by atoms with Crippen molar-refractivity contribution in [3.63, 3.8) is 0 Å². The average molecular weight is 289 g/mol. The zero-order chi connectivity index (χ0) is 15.5. The van der Waals surface area contributed by atoms with Crippen LogP contribution in [0.3, 0.4) is 0 Å². The summed E-state index contributed by atoms with van der Waals surface area (Å²) in [6.45, 7) is 6.76. The van der Waals surface area contributed by atoms with E-state index in [1.54, 1.807) is 11.0 Å². The van der Waals surface area contributed by atoms with Crippen molar-refractivity contribution in [1.29, 1.82) is 0 Å². The molecule has 0 saturated carbocycles. The van der Waals surface area contributed by atoms with Crippen molar-refractivity contribution in [2.24, 2.45) is 0 Å². The molecule has 1 heterocycles. The number of morpholine rings is 1. The Hall–Kier alpha value is -1.65. The first-order valence-corrected chi connectivity index (χ1v) is 7.22. The molecule has 1 amide bonds. The lowest BCUT2D eigenvalue weighted by Crippen LogP contribution is -2.55. The minimum absolute atomic E-state index is 0.0481. The van der Waals surface area contributed by atoms with Crippen LogP contribution in [0.25, 0.3) is 6.08 Å². The topological polar surface area (TPSA) is 49.8 Å². The molecule has 4 heteroatoms. The minimum Gasteiger partial charge on any atom is -0.394 e. The molecular weight excluding hydrogens is 266 g/mol. The van der Waals surface area contributed by atoms with Gasteiger partial charge in [-0.2, -0.15) is 0 Å². The Morgan fingerprint density at radius 3 is 2.86 bits per heavy atom. The molecule has 1 aliphatic rings. The third-order valence-electron chi connectivity index (χ3n) is 3.59. The van der Waals surface area contributed by atoms with E-state index in [0.29, 0.717) is 13.1 Å². The molecule has 0 radical (unpaired) electrons. The normalized spacial score (nSPS) is 21.7. The molecule has 2 rings (SSSR count). The summed E-state index contributed by atoms with van der Waals surface area (Å²) in [5, 5.41) is 9.29. The van der Waals surface area contributed by atoms with Gasteiger partial charge in [-0.3, -0.25) is 4.79 Å².